The van der Waals surface area contributed by atoms with Crippen molar-refractivity contribution in [3.63, 3.8) is 0 Å². The zero-order valence-corrected chi connectivity index (χ0v) is 11.9. The molecule has 1 atom stereocenters. The predicted octanol–water partition coefficient (Wildman–Crippen LogP) is 2.82. The van der Waals surface area contributed by atoms with Crippen LogP contribution >= 0.6 is 0 Å². The van der Waals surface area contributed by atoms with E-state index in [0.29, 0.717) is 6.10 Å². The van der Waals surface area contributed by atoms with Crippen LogP contribution in [0.4, 0.5) is 11.4 Å². The molecule has 4 nitrogen and oxygen atoms in total. The van der Waals surface area contributed by atoms with Gasteiger partial charge in [0.05, 0.1) is 23.0 Å². The Morgan fingerprint density at radius 2 is 2.30 bits per heavy atom. The van der Waals surface area contributed by atoms with E-state index >= 15 is 0 Å². The van der Waals surface area contributed by atoms with Crippen molar-refractivity contribution in [1.82, 2.24) is 4.98 Å². The van der Waals surface area contributed by atoms with Crippen LogP contribution in [-0.2, 0) is 4.74 Å². The maximum atomic E-state index is 6.35. The maximum Gasteiger partial charge on any atom is 0.0750 e. The first-order chi connectivity index (χ1) is 9.79. The summed E-state index contributed by atoms with van der Waals surface area (Å²) in [6, 6.07) is 8.09. The highest BCUT2D eigenvalue weighted by Gasteiger charge is 2.22. The van der Waals surface area contributed by atoms with E-state index in [1.54, 1.807) is 6.20 Å². The van der Waals surface area contributed by atoms with Crippen LogP contribution in [0, 0.1) is 0 Å². The Morgan fingerprint density at radius 1 is 1.40 bits per heavy atom. The van der Waals surface area contributed by atoms with Crippen molar-refractivity contribution in [2.45, 2.75) is 25.9 Å². The molecular weight excluding hydrogens is 250 g/mol. The predicted molar refractivity (Wildman–Crippen MR) is 83.0 cm³/mol. The molecule has 0 saturated carbocycles. The van der Waals surface area contributed by atoms with Gasteiger partial charge in [-0.2, -0.15) is 0 Å². The summed E-state index contributed by atoms with van der Waals surface area (Å²) in [6.07, 6.45) is 4.40. The lowest BCUT2D eigenvalue weighted by atomic mass is 10.1. The Kier molecular flexibility index (Phi) is 3.74. The van der Waals surface area contributed by atoms with Gasteiger partial charge in [0.2, 0.25) is 0 Å². The monoisotopic (exact) mass is 271 g/mol. The number of nitrogens with two attached hydrogens (primary N) is 1. The number of nitrogen functional groups attached to an aromatic ring is 1. The first-order valence-electron chi connectivity index (χ1n) is 7.29. The lowest BCUT2D eigenvalue weighted by molar-refractivity contribution is 0.0527. The number of anilines is 2. The number of pyridine rings is 1. The van der Waals surface area contributed by atoms with Crippen molar-refractivity contribution in [2.24, 2.45) is 0 Å². The summed E-state index contributed by atoms with van der Waals surface area (Å²) >= 11 is 0. The highest BCUT2D eigenvalue weighted by Crippen LogP contribution is 2.32. The molecule has 2 N–H and O–H groups in total. The van der Waals surface area contributed by atoms with Crippen LogP contribution in [0.25, 0.3) is 10.9 Å². The number of aromatic nitrogens is 1. The second-order valence-electron chi connectivity index (χ2n) is 5.23. The quantitative estimate of drug-likeness (QED) is 0.872. The summed E-state index contributed by atoms with van der Waals surface area (Å²) in [5.74, 6) is 0. The maximum absolute atomic E-state index is 6.35. The molecule has 1 saturated heterocycles. The van der Waals surface area contributed by atoms with E-state index in [9.17, 15) is 0 Å². The normalized spacial score (nSPS) is 19.4. The first kappa shape index (κ1) is 13.2. The SMILES string of the molecule is CCOC1CCCN(c2ccc3ncccc3c2N)C1. The van der Waals surface area contributed by atoms with E-state index in [0.717, 1.165) is 54.8 Å². The molecule has 1 aliphatic rings. The highest BCUT2D eigenvalue weighted by atomic mass is 16.5. The van der Waals surface area contributed by atoms with Gasteiger partial charge in [-0.1, -0.05) is 0 Å². The number of ether oxygens (including phenoxy) is 1. The minimum absolute atomic E-state index is 0.317. The molecule has 4 heteroatoms. The number of hydrogen-bond acceptors (Lipinski definition) is 4. The van der Waals surface area contributed by atoms with Crippen molar-refractivity contribution in [1.29, 1.82) is 0 Å². The number of rotatable bonds is 3. The number of nitrogens with zero attached hydrogens (tertiary/aromatic N) is 2. The Labute approximate surface area is 119 Å². The zero-order valence-electron chi connectivity index (χ0n) is 11.9. The van der Waals surface area contributed by atoms with Gasteiger partial charge in [-0.3, -0.25) is 4.98 Å². The molecule has 0 radical (unpaired) electrons. The van der Waals surface area contributed by atoms with E-state index in [-0.39, 0.29) is 0 Å². The second-order valence-corrected chi connectivity index (χ2v) is 5.23. The third kappa shape index (κ3) is 2.43. The fourth-order valence-electron chi connectivity index (χ4n) is 2.97. The van der Waals surface area contributed by atoms with E-state index < -0.39 is 0 Å². The molecule has 0 aliphatic carbocycles. The van der Waals surface area contributed by atoms with Gasteiger partial charge in [0, 0.05) is 31.3 Å². The molecule has 2 heterocycles. The average Bonchev–Trinajstić information content (AvgIpc) is 2.48. The van der Waals surface area contributed by atoms with Gasteiger partial charge in [-0.25, -0.2) is 0 Å². The Balaban J connectivity index is 1.91. The number of piperidine rings is 1. The topological polar surface area (TPSA) is 51.4 Å². The Morgan fingerprint density at radius 3 is 3.15 bits per heavy atom. The molecule has 106 valence electrons. The number of fused-ring (bicyclic) bond motifs is 1. The summed E-state index contributed by atoms with van der Waals surface area (Å²) in [5.41, 5.74) is 9.23. The van der Waals surface area contributed by atoms with Gasteiger partial charge < -0.3 is 15.4 Å². The molecule has 0 spiro atoms. The van der Waals surface area contributed by atoms with Gasteiger partial charge >= 0.3 is 0 Å². The van der Waals surface area contributed by atoms with Crippen LogP contribution < -0.4 is 10.6 Å². The molecule has 3 rings (SSSR count). The van der Waals surface area contributed by atoms with E-state index in [1.165, 1.54) is 0 Å². The standard InChI is InChI=1S/C16H21N3O/c1-2-20-12-5-4-10-19(11-12)15-8-7-14-13(16(15)17)6-3-9-18-14/h3,6-9,12H,2,4-5,10-11,17H2,1H3. The molecule has 0 bridgehead atoms. The van der Waals surface area contributed by atoms with Crippen LogP contribution in [0.5, 0.6) is 0 Å². The van der Waals surface area contributed by atoms with E-state index in [4.69, 9.17) is 10.5 Å². The van der Waals surface area contributed by atoms with Crippen LogP contribution in [0.2, 0.25) is 0 Å². The third-order valence-corrected chi connectivity index (χ3v) is 3.92. The summed E-state index contributed by atoms with van der Waals surface area (Å²) in [7, 11) is 0. The number of benzene rings is 1. The second kappa shape index (κ2) is 5.67. The van der Waals surface area contributed by atoms with E-state index in [1.807, 2.05) is 18.2 Å². The highest BCUT2D eigenvalue weighted by molar-refractivity contribution is 5.97. The third-order valence-electron chi connectivity index (χ3n) is 3.92. The zero-order chi connectivity index (χ0) is 13.9. The minimum atomic E-state index is 0.317. The molecule has 1 unspecified atom stereocenters. The Hall–Kier alpha value is -1.81. The summed E-state index contributed by atoms with van der Waals surface area (Å²) in [5, 5.41) is 1.03. The summed E-state index contributed by atoms with van der Waals surface area (Å²) < 4.78 is 5.77. The molecule has 1 aromatic carbocycles. The van der Waals surface area contributed by atoms with Crippen LogP contribution in [0.3, 0.4) is 0 Å². The van der Waals surface area contributed by atoms with Gasteiger partial charge in [-0.05, 0) is 44.0 Å². The van der Waals surface area contributed by atoms with Gasteiger partial charge in [-0.15, -0.1) is 0 Å². The van der Waals surface area contributed by atoms with Crippen LogP contribution in [-0.4, -0.2) is 30.8 Å². The van der Waals surface area contributed by atoms with Crippen molar-refractivity contribution in [3.8, 4) is 0 Å². The van der Waals surface area contributed by atoms with Gasteiger partial charge in [0.15, 0.2) is 0 Å². The lowest BCUT2D eigenvalue weighted by Crippen LogP contribution is -2.40. The van der Waals surface area contributed by atoms with Crippen molar-refractivity contribution in [2.75, 3.05) is 30.3 Å². The lowest BCUT2D eigenvalue weighted by Gasteiger charge is -2.35. The molecular formula is C16H21N3O. The van der Waals surface area contributed by atoms with Gasteiger partial charge in [0.25, 0.3) is 0 Å². The fraction of sp³-hybridized carbons (Fsp3) is 0.438. The Bertz CT molecular complexity index is 597. The van der Waals surface area contributed by atoms with E-state index in [2.05, 4.69) is 22.9 Å². The van der Waals surface area contributed by atoms with Crippen molar-refractivity contribution < 1.29 is 4.74 Å². The number of hydrogen-bond donors (Lipinski definition) is 1. The van der Waals surface area contributed by atoms with Gasteiger partial charge in [0.1, 0.15) is 0 Å². The molecule has 20 heavy (non-hydrogen) atoms. The fourth-order valence-corrected chi connectivity index (χ4v) is 2.97. The molecule has 1 aliphatic heterocycles. The van der Waals surface area contributed by atoms with Crippen LogP contribution in [0.1, 0.15) is 19.8 Å². The summed E-state index contributed by atoms with van der Waals surface area (Å²) in [4.78, 5) is 6.69. The smallest absolute Gasteiger partial charge is 0.0750 e. The molecule has 2 aromatic rings. The van der Waals surface area contributed by atoms with Crippen molar-refractivity contribution in [3.05, 3.63) is 30.5 Å². The first-order valence-corrected chi connectivity index (χ1v) is 7.29. The minimum Gasteiger partial charge on any atom is -0.396 e. The van der Waals surface area contributed by atoms with Crippen molar-refractivity contribution >= 4 is 22.3 Å². The molecule has 1 aromatic heterocycles. The molecule has 1 fully saturated rings. The molecule has 0 amide bonds. The largest absolute Gasteiger partial charge is 0.396 e. The van der Waals surface area contributed by atoms with Crippen LogP contribution in [0.15, 0.2) is 30.5 Å². The summed E-state index contributed by atoms with van der Waals surface area (Å²) in [6.45, 7) is 4.79. The average molecular weight is 271 g/mol.